The molecule has 0 saturated carbocycles. The summed E-state index contributed by atoms with van der Waals surface area (Å²) < 4.78 is 7.28. The Morgan fingerprint density at radius 3 is 2.57 bits per heavy atom. The van der Waals surface area contributed by atoms with Gasteiger partial charge in [-0.2, -0.15) is 0 Å². The van der Waals surface area contributed by atoms with Crippen LogP contribution in [0.25, 0.3) is 5.69 Å². The Kier molecular flexibility index (Phi) is 5.77. The van der Waals surface area contributed by atoms with Crippen molar-refractivity contribution >= 4 is 41.1 Å². The van der Waals surface area contributed by atoms with E-state index >= 15 is 0 Å². The molecule has 7 heteroatoms. The van der Waals surface area contributed by atoms with E-state index in [1.807, 2.05) is 24.5 Å². The number of halogens is 2. The predicted molar refractivity (Wildman–Crippen MR) is 112 cm³/mol. The van der Waals surface area contributed by atoms with Crippen LogP contribution in [0, 0.1) is 13.8 Å². The molecule has 0 aliphatic heterocycles. The lowest BCUT2D eigenvalue weighted by atomic mass is 10.2. The largest absolute Gasteiger partial charge is 0.494 e. The highest BCUT2D eigenvalue weighted by atomic mass is 35.5. The van der Waals surface area contributed by atoms with Gasteiger partial charge in [0.1, 0.15) is 11.4 Å². The Hall–Kier alpha value is -2.76. The molecule has 2 aromatic carbocycles. The molecular formula is C21H18Cl2N2O3. The third kappa shape index (κ3) is 3.91. The number of rotatable bonds is 5. The first-order valence-corrected chi connectivity index (χ1v) is 9.17. The summed E-state index contributed by atoms with van der Waals surface area (Å²) in [6, 6.07) is 12.1. The second kappa shape index (κ2) is 8.09. The Labute approximate surface area is 172 Å². The smallest absolute Gasteiger partial charge is 0.337 e. The maximum absolute atomic E-state index is 11.4. The molecule has 0 amide bonds. The van der Waals surface area contributed by atoms with Crippen molar-refractivity contribution in [3.63, 3.8) is 0 Å². The zero-order valence-electron chi connectivity index (χ0n) is 15.5. The number of methoxy groups -OCH3 is 1. The maximum Gasteiger partial charge on any atom is 0.337 e. The van der Waals surface area contributed by atoms with E-state index in [9.17, 15) is 9.90 Å². The van der Waals surface area contributed by atoms with Crippen molar-refractivity contribution in [2.45, 2.75) is 13.8 Å². The van der Waals surface area contributed by atoms with Crippen molar-refractivity contribution in [2.24, 2.45) is 4.99 Å². The highest BCUT2D eigenvalue weighted by Crippen LogP contribution is 2.31. The molecule has 0 saturated heterocycles. The molecule has 0 unspecified atom stereocenters. The third-order valence-corrected chi connectivity index (χ3v) is 4.96. The Bertz CT molecular complexity index is 1090. The first-order chi connectivity index (χ1) is 13.3. The van der Waals surface area contributed by atoms with E-state index in [1.165, 1.54) is 0 Å². The van der Waals surface area contributed by atoms with Gasteiger partial charge in [-0.15, -0.1) is 0 Å². The molecule has 1 N–H and O–H groups in total. The number of ether oxygens (including phenoxy) is 1. The van der Waals surface area contributed by atoms with Crippen LogP contribution in [0.15, 0.2) is 47.5 Å². The summed E-state index contributed by atoms with van der Waals surface area (Å²) in [4.78, 5) is 15.9. The second-order valence-electron chi connectivity index (χ2n) is 6.21. The third-order valence-electron chi connectivity index (χ3n) is 4.39. The van der Waals surface area contributed by atoms with E-state index in [0.717, 1.165) is 22.6 Å². The molecule has 0 aliphatic rings. The average molecular weight is 417 g/mol. The number of carbonyl (C=O) groups is 1. The van der Waals surface area contributed by atoms with Gasteiger partial charge in [-0.25, -0.2) is 4.79 Å². The van der Waals surface area contributed by atoms with Crippen LogP contribution in [0.2, 0.25) is 10.0 Å². The van der Waals surface area contributed by atoms with Crippen LogP contribution in [0.3, 0.4) is 0 Å². The summed E-state index contributed by atoms with van der Waals surface area (Å²) in [5, 5.41) is 10.1. The topological polar surface area (TPSA) is 63.8 Å². The lowest BCUT2D eigenvalue weighted by Gasteiger charge is -2.11. The molecule has 0 fully saturated rings. The lowest BCUT2D eigenvalue weighted by Crippen LogP contribution is -2.03. The van der Waals surface area contributed by atoms with Gasteiger partial charge in [-0.05, 0) is 56.3 Å². The van der Waals surface area contributed by atoms with Crippen molar-refractivity contribution < 1.29 is 14.6 Å². The number of benzene rings is 2. The Balaban J connectivity index is 2.03. The zero-order valence-corrected chi connectivity index (χ0v) is 17.0. The number of aromatic nitrogens is 1. The normalized spacial score (nSPS) is 11.2. The minimum Gasteiger partial charge on any atom is -0.494 e. The van der Waals surface area contributed by atoms with Gasteiger partial charge in [-0.1, -0.05) is 23.2 Å². The van der Waals surface area contributed by atoms with E-state index < -0.39 is 5.97 Å². The summed E-state index contributed by atoms with van der Waals surface area (Å²) in [6.07, 6.45) is 1.74. The van der Waals surface area contributed by atoms with E-state index in [2.05, 4.69) is 4.99 Å². The predicted octanol–water partition coefficient (Wildman–Crippen LogP) is 5.86. The molecule has 3 aromatic rings. The van der Waals surface area contributed by atoms with Crippen molar-refractivity contribution in [3.05, 3.63) is 75.0 Å². The lowest BCUT2D eigenvalue weighted by molar-refractivity contribution is 0.0697. The molecule has 0 aliphatic carbocycles. The number of hydrogen-bond donors (Lipinski definition) is 1. The SMILES string of the molecule is COc1ccc(Cl)cc1N=Cc1cc(C)n(-c2ccc(Cl)c(C(=O)O)c2)c1C. The number of carboxylic acid groups (broad SMARTS) is 1. The molecule has 1 heterocycles. The van der Waals surface area contributed by atoms with Crippen LogP contribution in [-0.2, 0) is 0 Å². The van der Waals surface area contributed by atoms with E-state index in [1.54, 1.807) is 49.7 Å². The fraction of sp³-hybridized carbons (Fsp3) is 0.143. The average Bonchev–Trinajstić information content (AvgIpc) is 2.94. The minimum atomic E-state index is -1.07. The van der Waals surface area contributed by atoms with Crippen LogP contribution < -0.4 is 4.74 Å². The van der Waals surface area contributed by atoms with Gasteiger partial charge in [0.15, 0.2) is 0 Å². The number of aliphatic imine (C=N–C) groups is 1. The number of nitrogens with zero attached hydrogens (tertiary/aromatic N) is 2. The molecule has 28 heavy (non-hydrogen) atoms. The molecule has 0 radical (unpaired) electrons. The minimum absolute atomic E-state index is 0.0607. The number of hydrogen-bond acceptors (Lipinski definition) is 3. The first-order valence-electron chi connectivity index (χ1n) is 8.41. The molecule has 0 bridgehead atoms. The number of carboxylic acids is 1. The van der Waals surface area contributed by atoms with E-state index in [4.69, 9.17) is 27.9 Å². The zero-order chi connectivity index (χ0) is 20.4. The maximum atomic E-state index is 11.4. The van der Waals surface area contributed by atoms with Gasteiger partial charge in [0.05, 0.1) is 17.7 Å². The van der Waals surface area contributed by atoms with Gasteiger partial charge < -0.3 is 14.4 Å². The fourth-order valence-corrected chi connectivity index (χ4v) is 3.40. The molecule has 0 spiro atoms. The molecular weight excluding hydrogens is 399 g/mol. The summed E-state index contributed by atoms with van der Waals surface area (Å²) in [5.74, 6) is -0.442. The van der Waals surface area contributed by atoms with Gasteiger partial charge in [0, 0.05) is 33.9 Å². The van der Waals surface area contributed by atoms with E-state index in [0.29, 0.717) is 16.5 Å². The van der Waals surface area contributed by atoms with Crippen molar-refractivity contribution in [3.8, 4) is 11.4 Å². The summed E-state index contributed by atoms with van der Waals surface area (Å²) >= 11 is 12.0. The van der Waals surface area contributed by atoms with Gasteiger partial charge in [-0.3, -0.25) is 4.99 Å². The molecule has 3 rings (SSSR count). The van der Waals surface area contributed by atoms with Crippen molar-refractivity contribution in [2.75, 3.05) is 7.11 Å². The van der Waals surface area contributed by atoms with Gasteiger partial charge >= 0.3 is 5.97 Å². The molecule has 144 valence electrons. The quantitative estimate of drug-likeness (QED) is 0.529. The highest BCUT2D eigenvalue weighted by Gasteiger charge is 2.14. The van der Waals surface area contributed by atoms with Gasteiger partial charge in [0.2, 0.25) is 0 Å². The molecule has 1 aromatic heterocycles. The standard InChI is InChI=1S/C21H18Cl2N2O3/c1-12-8-14(11-24-19-9-15(22)4-7-20(19)28-3)13(2)25(12)16-5-6-18(23)17(10-16)21(26)27/h4-11H,1-3H3,(H,26,27). The number of aryl methyl sites for hydroxylation is 1. The van der Waals surface area contributed by atoms with Crippen molar-refractivity contribution in [1.82, 2.24) is 4.57 Å². The summed E-state index contributed by atoms with van der Waals surface area (Å²) in [7, 11) is 1.58. The highest BCUT2D eigenvalue weighted by molar-refractivity contribution is 6.33. The van der Waals surface area contributed by atoms with Crippen LogP contribution in [-0.4, -0.2) is 29.0 Å². The summed E-state index contributed by atoms with van der Waals surface area (Å²) in [6.45, 7) is 3.89. The van der Waals surface area contributed by atoms with Crippen LogP contribution in [0.1, 0.15) is 27.3 Å². The Morgan fingerprint density at radius 1 is 1.14 bits per heavy atom. The van der Waals surface area contributed by atoms with Crippen LogP contribution in [0.4, 0.5) is 5.69 Å². The molecule has 5 nitrogen and oxygen atoms in total. The Morgan fingerprint density at radius 2 is 1.89 bits per heavy atom. The molecule has 0 atom stereocenters. The second-order valence-corrected chi connectivity index (χ2v) is 7.05. The van der Waals surface area contributed by atoms with Crippen molar-refractivity contribution in [1.29, 1.82) is 0 Å². The first kappa shape index (κ1) is 20.0. The summed E-state index contributed by atoms with van der Waals surface area (Å²) in [5.41, 5.74) is 4.16. The van der Waals surface area contributed by atoms with E-state index in [-0.39, 0.29) is 10.6 Å². The van der Waals surface area contributed by atoms with Gasteiger partial charge in [0.25, 0.3) is 0 Å². The van der Waals surface area contributed by atoms with Crippen LogP contribution in [0.5, 0.6) is 5.75 Å². The monoisotopic (exact) mass is 416 g/mol. The van der Waals surface area contributed by atoms with Crippen LogP contribution >= 0.6 is 23.2 Å². The number of aromatic carboxylic acids is 1. The fourth-order valence-electron chi connectivity index (χ4n) is 3.03.